The molecule has 7 heteroatoms. The maximum atomic E-state index is 11.9. The van der Waals surface area contributed by atoms with Gasteiger partial charge in [-0.3, -0.25) is 0 Å². The van der Waals surface area contributed by atoms with Crippen molar-refractivity contribution in [3.05, 3.63) is 0 Å². The van der Waals surface area contributed by atoms with Crippen LogP contribution >= 0.6 is 0 Å². The van der Waals surface area contributed by atoms with Crippen molar-refractivity contribution in [3.8, 4) is 0 Å². The molecule has 0 spiro atoms. The number of urea groups is 1. The van der Waals surface area contributed by atoms with Gasteiger partial charge < -0.3 is 24.8 Å². The highest BCUT2D eigenvalue weighted by molar-refractivity contribution is 5.83. The van der Waals surface area contributed by atoms with E-state index in [1.807, 2.05) is 0 Å². The van der Waals surface area contributed by atoms with Crippen molar-refractivity contribution in [3.63, 3.8) is 0 Å². The molecule has 0 aliphatic carbocycles. The zero-order chi connectivity index (χ0) is 13.7. The average molecular weight is 260 g/mol. The SMILES string of the molecule is COCC(C)NC(=O)N1CC(OC)CC1C(=O)O. The number of aliphatic carboxylic acids is 1. The summed E-state index contributed by atoms with van der Waals surface area (Å²) in [5.74, 6) is -1.01. The molecule has 0 aromatic rings. The van der Waals surface area contributed by atoms with Gasteiger partial charge in [-0.25, -0.2) is 9.59 Å². The molecule has 1 rings (SSSR count). The number of nitrogens with one attached hydrogen (secondary N) is 1. The minimum atomic E-state index is -1.01. The minimum Gasteiger partial charge on any atom is -0.480 e. The number of carboxylic acids is 1. The van der Waals surface area contributed by atoms with Crippen LogP contribution in [0.3, 0.4) is 0 Å². The van der Waals surface area contributed by atoms with E-state index in [9.17, 15) is 9.59 Å². The monoisotopic (exact) mass is 260 g/mol. The van der Waals surface area contributed by atoms with E-state index in [0.717, 1.165) is 0 Å². The molecule has 104 valence electrons. The highest BCUT2D eigenvalue weighted by atomic mass is 16.5. The molecule has 2 N–H and O–H groups in total. The van der Waals surface area contributed by atoms with Crippen LogP contribution in [0.4, 0.5) is 4.79 Å². The second-order valence-corrected chi connectivity index (χ2v) is 4.41. The van der Waals surface area contributed by atoms with E-state index in [1.165, 1.54) is 12.0 Å². The van der Waals surface area contributed by atoms with Crippen molar-refractivity contribution >= 4 is 12.0 Å². The van der Waals surface area contributed by atoms with E-state index in [4.69, 9.17) is 14.6 Å². The largest absolute Gasteiger partial charge is 0.480 e. The molecular weight excluding hydrogens is 240 g/mol. The Balaban J connectivity index is 2.62. The molecule has 18 heavy (non-hydrogen) atoms. The van der Waals surface area contributed by atoms with Gasteiger partial charge in [0.2, 0.25) is 0 Å². The van der Waals surface area contributed by atoms with Crippen LogP contribution in [0.1, 0.15) is 13.3 Å². The van der Waals surface area contributed by atoms with Gasteiger partial charge in [0.1, 0.15) is 6.04 Å². The normalized spacial score (nSPS) is 24.9. The summed E-state index contributed by atoms with van der Waals surface area (Å²) in [5, 5.41) is 11.8. The lowest BCUT2D eigenvalue weighted by Gasteiger charge is -2.23. The predicted molar refractivity (Wildman–Crippen MR) is 63.4 cm³/mol. The molecule has 0 aromatic heterocycles. The fraction of sp³-hybridized carbons (Fsp3) is 0.818. The number of amides is 2. The van der Waals surface area contributed by atoms with Crippen LogP contribution in [-0.2, 0) is 14.3 Å². The second-order valence-electron chi connectivity index (χ2n) is 4.41. The summed E-state index contributed by atoms with van der Waals surface area (Å²) >= 11 is 0. The van der Waals surface area contributed by atoms with E-state index in [0.29, 0.717) is 19.6 Å². The van der Waals surface area contributed by atoms with Crippen molar-refractivity contribution in [1.29, 1.82) is 0 Å². The molecule has 1 heterocycles. The topological polar surface area (TPSA) is 88.1 Å². The van der Waals surface area contributed by atoms with Gasteiger partial charge in [0, 0.05) is 27.2 Å². The highest BCUT2D eigenvalue weighted by Crippen LogP contribution is 2.20. The molecule has 0 saturated carbocycles. The van der Waals surface area contributed by atoms with E-state index >= 15 is 0 Å². The Kier molecular flexibility index (Phi) is 5.36. The second kappa shape index (κ2) is 6.55. The summed E-state index contributed by atoms with van der Waals surface area (Å²) in [4.78, 5) is 24.3. The Morgan fingerprint density at radius 1 is 1.50 bits per heavy atom. The zero-order valence-corrected chi connectivity index (χ0v) is 10.9. The lowest BCUT2D eigenvalue weighted by molar-refractivity contribution is -0.141. The quantitative estimate of drug-likeness (QED) is 0.721. The van der Waals surface area contributed by atoms with Gasteiger partial charge in [0.15, 0.2) is 0 Å². The van der Waals surface area contributed by atoms with Gasteiger partial charge in [-0.05, 0) is 6.92 Å². The van der Waals surface area contributed by atoms with Crippen molar-refractivity contribution < 1.29 is 24.2 Å². The fourth-order valence-corrected chi connectivity index (χ4v) is 2.01. The summed E-state index contributed by atoms with van der Waals surface area (Å²) < 4.78 is 10.0. The number of likely N-dealkylation sites (tertiary alicyclic amines) is 1. The molecule has 1 saturated heterocycles. The van der Waals surface area contributed by atoms with Gasteiger partial charge in [0.25, 0.3) is 0 Å². The summed E-state index contributed by atoms with van der Waals surface area (Å²) in [7, 11) is 3.05. The molecule has 3 atom stereocenters. The maximum absolute atomic E-state index is 11.9. The van der Waals surface area contributed by atoms with E-state index in [1.54, 1.807) is 14.0 Å². The Hall–Kier alpha value is -1.34. The van der Waals surface area contributed by atoms with Gasteiger partial charge in [-0.15, -0.1) is 0 Å². The number of carbonyl (C=O) groups excluding carboxylic acids is 1. The van der Waals surface area contributed by atoms with Crippen LogP contribution in [0.15, 0.2) is 0 Å². The first-order valence-corrected chi connectivity index (χ1v) is 5.81. The molecule has 7 nitrogen and oxygen atoms in total. The molecule has 1 fully saturated rings. The molecule has 1 aliphatic rings. The van der Waals surface area contributed by atoms with Crippen LogP contribution in [0, 0.1) is 0 Å². The van der Waals surface area contributed by atoms with Crippen LogP contribution in [0.5, 0.6) is 0 Å². The third-order valence-electron chi connectivity index (χ3n) is 2.93. The van der Waals surface area contributed by atoms with Crippen LogP contribution in [-0.4, -0.2) is 67.6 Å². The van der Waals surface area contributed by atoms with Crippen molar-refractivity contribution in [2.45, 2.75) is 31.5 Å². The van der Waals surface area contributed by atoms with Crippen molar-refractivity contribution in [2.24, 2.45) is 0 Å². The number of rotatable bonds is 5. The zero-order valence-electron chi connectivity index (χ0n) is 10.9. The highest BCUT2D eigenvalue weighted by Gasteiger charge is 2.40. The summed E-state index contributed by atoms with van der Waals surface area (Å²) in [6, 6.07) is -1.39. The molecule has 1 aliphatic heterocycles. The predicted octanol–water partition coefficient (Wildman–Crippen LogP) is -0.0952. The van der Waals surface area contributed by atoms with Gasteiger partial charge in [0.05, 0.1) is 18.8 Å². The molecule has 0 radical (unpaired) electrons. The van der Waals surface area contributed by atoms with Crippen molar-refractivity contribution in [1.82, 2.24) is 10.2 Å². The number of nitrogens with zero attached hydrogens (tertiary/aromatic N) is 1. The van der Waals surface area contributed by atoms with Gasteiger partial charge in [-0.2, -0.15) is 0 Å². The Morgan fingerprint density at radius 2 is 2.17 bits per heavy atom. The molecule has 0 aromatic carbocycles. The lowest BCUT2D eigenvalue weighted by atomic mass is 10.2. The third kappa shape index (κ3) is 3.58. The van der Waals surface area contributed by atoms with Crippen LogP contribution in [0.2, 0.25) is 0 Å². The summed E-state index contributed by atoms with van der Waals surface area (Å²) in [6.45, 7) is 2.46. The van der Waals surface area contributed by atoms with Crippen LogP contribution < -0.4 is 5.32 Å². The summed E-state index contributed by atoms with van der Waals surface area (Å²) in [6.07, 6.45) is 0.0901. The Morgan fingerprint density at radius 3 is 2.67 bits per heavy atom. The van der Waals surface area contributed by atoms with E-state index in [2.05, 4.69) is 5.32 Å². The smallest absolute Gasteiger partial charge is 0.326 e. The van der Waals surface area contributed by atoms with Gasteiger partial charge in [-0.1, -0.05) is 0 Å². The Bertz CT molecular complexity index is 310. The molecule has 0 bridgehead atoms. The fourth-order valence-electron chi connectivity index (χ4n) is 2.01. The average Bonchev–Trinajstić information content (AvgIpc) is 2.73. The number of ether oxygens (including phenoxy) is 2. The van der Waals surface area contributed by atoms with Gasteiger partial charge >= 0.3 is 12.0 Å². The Labute approximate surface area is 106 Å². The number of hydrogen-bond acceptors (Lipinski definition) is 4. The van der Waals surface area contributed by atoms with E-state index < -0.39 is 18.0 Å². The molecular formula is C11H20N2O5. The first kappa shape index (κ1) is 14.7. The minimum absolute atomic E-state index is 0.168. The number of carboxylic acid groups (broad SMARTS) is 1. The third-order valence-corrected chi connectivity index (χ3v) is 2.93. The first-order chi connectivity index (χ1) is 8.49. The first-order valence-electron chi connectivity index (χ1n) is 5.81. The summed E-state index contributed by atoms with van der Waals surface area (Å²) in [5.41, 5.74) is 0. The lowest BCUT2D eigenvalue weighted by Crippen LogP contribution is -2.49. The maximum Gasteiger partial charge on any atom is 0.326 e. The van der Waals surface area contributed by atoms with Crippen molar-refractivity contribution in [2.75, 3.05) is 27.4 Å². The number of carbonyl (C=O) groups is 2. The van der Waals surface area contributed by atoms with Crippen LogP contribution in [0.25, 0.3) is 0 Å². The van der Waals surface area contributed by atoms with E-state index in [-0.39, 0.29) is 12.1 Å². The number of hydrogen-bond donors (Lipinski definition) is 2. The molecule has 3 unspecified atom stereocenters. The molecule has 2 amide bonds. The standard InChI is InChI=1S/C11H20N2O5/c1-7(6-17-2)12-11(16)13-5-8(18-3)4-9(13)10(14)15/h7-9H,4-6H2,1-3H3,(H,12,16)(H,14,15). The number of methoxy groups -OCH3 is 2.